The highest BCUT2D eigenvalue weighted by Gasteiger charge is 2.16. The summed E-state index contributed by atoms with van der Waals surface area (Å²) in [7, 11) is -2.61. The molecule has 0 spiro atoms. The zero-order valence-electron chi connectivity index (χ0n) is 7.07. The summed E-state index contributed by atoms with van der Waals surface area (Å²) in [4.78, 5) is 10.5. The van der Waals surface area contributed by atoms with Crippen LogP contribution in [0, 0.1) is 0 Å². The normalized spacial score (nSPS) is 11.2. The first-order valence-corrected chi connectivity index (χ1v) is 5.03. The smallest absolute Gasteiger partial charge is 0.323 e. The molecule has 12 heavy (non-hydrogen) atoms. The molecule has 0 aliphatic rings. The van der Waals surface area contributed by atoms with Gasteiger partial charge < -0.3 is 4.74 Å². The number of esters is 1. The molecule has 6 heteroatoms. The third-order valence-electron chi connectivity index (χ3n) is 0.989. The maximum Gasteiger partial charge on any atom is 0.323 e. The SMILES string of the molecule is CCCOS(=O)(=O)CC(=O)OC. The summed E-state index contributed by atoms with van der Waals surface area (Å²) in [6.07, 6.45) is 0.584. The molecule has 0 bridgehead atoms. The molecule has 0 aliphatic carbocycles. The second kappa shape index (κ2) is 5.10. The summed E-state index contributed by atoms with van der Waals surface area (Å²) in [5.41, 5.74) is 0. The van der Waals surface area contributed by atoms with Crippen molar-refractivity contribution < 1.29 is 22.1 Å². The Balaban J connectivity index is 3.96. The van der Waals surface area contributed by atoms with Crippen LogP contribution in [0.1, 0.15) is 13.3 Å². The topological polar surface area (TPSA) is 69.7 Å². The Morgan fingerprint density at radius 3 is 2.42 bits per heavy atom. The molecule has 0 radical (unpaired) electrons. The van der Waals surface area contributed by atoms with Crippen LogP contribution in [0.2, 0.25) is 0 Å². The first-order chi connectivity index (χ1) is 5.52. The van der Waals surface area contributed by atoms with Crippen LogP contribution in [-0.2, 0) is 23.8 Å². The molecule has 0 heterocycles. The average molecular weight is 196 g/mol. The lowest BCUT2D eigenvalue weighted by Gasteiger charge is -2.01. The highest BCUT2D eigenvalue weighted by atomic mass is 32.2. The summed E-state index contributed by atoms with van der Waals surface area (Å²) in [6.45, 7) is 1.87. The Kier molecular flexibility index (Phi) is 4.84. The maximum atomic E-state index is 10.8. The molecule has 0 aromatic rings. The Hall–Kier alpha value is -0.620. The minimum absolute atomic E-state index is 0.0966. The number of hydrogen-bond acceptors (Lipinski definition) is 5. The molecule has 0 N–H and O–H groups in total. The van der Waals surface area contributed by atoms with Crippen molar-refractivity contribution in [3.63, 3.8) is 0 Å². The first-order valence-electron chi connectivity index (χ1n) is 3.45. The van der Waals surface area contributed by atoms with E-state index in [0.717, 1.165) is 7.11 Å². The largest absolute Gasteiger partial charge is 0.468 e. The zero-order valence-corrected chi connectivity index (χ0v) is 7.89. The van der Waals surface area contributed by atoms with Crippen LogP contribution in [0.4, 0.5) is 0 Å². The maximum absolute atomic E-state index is 10.8. The van der Waals surface area contributed by atoms with Crippen molar-refractivity contribution >= 4 is 16.1 Å². The van der Waals surface area contributed by atoms with E-state index in [2.05, 4.69) is 8.92 Å². The second-order valence-electron chi connectivity index (χ2n) is 2.10. The molecule has 0 aromatic carbocycles. The Morgan fingerprint density at radius 1 is 1.42 bits per heavy atom. The fourth-order valence-corrected chi connectivity index (χ4v) is 1.37. The van der Waals surface area contributed by atoms with Crippen LogP contribution in [0.5, 0.6) is 0 Å². The van der Waals surface area contributed by atoms with Crippen molar-refractivity contribution in [2.24, 2.45) is 0 Å². The molecule has 0 saturated carbocycles. The minimum atomic E-state index is -3.73. The summed E-state index contributed by atoms with van der Waals surface area (Å²) in [5.74, 6) is -1.53. The average Bonchev–Trinajstić information content (AvgIpc) is 2.00. The quantitative estimate of drug-likeness (QED) is 0.454. The van der Waals surface area contributed by atoms with E-state index < -0.39 is 21.8 Å². The number of ether oxygens (including phenoxy) is 1. The van der Waals surface area contributed by atoms with Gasteiger partial charge in [0.2, 0.25) is 0 Å². The summed E-state index contributed by atoms with van der Waals surface area (Å²) in [5, 5.41) is 0. The molecular formula is C6H12O5S. The molecule has 0 rings (SSSR count). The standard InChI is InChI=1S/C6H12O5S/c1-3-4-11-12(8,9)5-6(7)10-2/h3-5H2,1-2H3. The van der Waals surface area contributed by atoms with Gasteiger partial charge in [0.15, 0.2) is 5.75 Å². The minimum Gasteiger partial charge on any atom is -0.468 e. The van der Waals surface area contributed by atoms with E-state index in [1.807, 2.05) is 0 Å². The molecule has 0 aromatic heterocycles. The van der Waals surface area contributed by atoms with E-state index >= 15 is 0 Å². The number of carbonyl (C=O) groups excluding carboxylic acids is 1. The monoisotopic (exact) mass is 196 g/mol. The lowest BCUT2D eigenvalue weighted by Crippen LogP contribution is -2.19. The van der Waals surface area contributed by atoms with Gasteiger partial charge in [-0.25, -0.2) is 0 Å². The molecule has 5 nitrogen and oxygen atoms in total. The van der Waals surface area contributed by atoms with E-state index in [9.17, 15) is 13.2 Å². The second-order valence-corrected chi connectivity index (χ2v) is 3.74. The van der Waals surface area contributed by atoms with Gasteiger partial charge in [-0.1, -0.05) is 6.92 Å². The van der Waals surface area contributed by atoms with Crippen molar-refractivity contribution in [2.75, 3.05) is 19.5 Å². The molecule has 0 amide bonds. The van der Waals surface area contributed by atoms with Gasteiger partial charge in [0.25, 0.3) is 10.1 Å². The number of rotatable bonds is 5. The Morgan fingerprint density at radius 2 is 2.00 bits per heavy atom. The van der Waals surface area contributed by atoms with Gasteiger partial charge in [-0.15, -0.1) is 0 Å². The van der Waals surface area contributed by atoms with Crippen molar-refractivity contribution in [3.8, 4) is 0 Å². The van der Waals surface area contributed by atoms with Crippen LogP contribution in [0.15, 0.2) is 0 Å². The molecular weight excluding hydrogens is 184 g/mol. The summed E-state index contributed by atoms with van der Waals surface area (Å²) in [6, 6.07) is 0. The first kappa shape index (κ1) is 11.4. The predicted octanol–water partition coefficient (Wildman–Crippen LogP) is -0.0842. The lowest BCUT2D eigenvalue weighted by molar-refractivity contribution is -0.137. The molecule has 0 fully saturated rings. The van der Waals surface area contributed by atoms with E-state index in [1.54, 1.807) is 6.92 Å². The zero-order chi connectivity index (χ0) is 9.61. The van der Waals surface area contributed by atoms with Crippen LogP contribution in [-0.4, -0.2) is 33.9 Å². The molecule has 0 aliphatic heterocycles. The van der Waals surface area contributed by atoms with Gasteiger partial charge in [0.05, 0.1) is 13.7 Å². The summed E-state index contributed by atoms with van der Waals surface area (Å²) >= 11 is 0. The molecule has 72 valence electrons. The number of hydrogen-bond donors (Lipinski definition) is 0. The molecule has 0 atom stereocenters. The van der Waals surface area contributed by atoms with Crippen molar-refractivity contribution in [3.05, 3.63) is 0 Å². The van der Waals surface area contributed by atoms with Crippen molar-refractivity contribution in [2.45, 2.75) is 13.3 Å². The Labute approximate surface area is 71.8 Å². The van der Waals surface area contributed by atoms with Crippen LogP contribution < -0.4 is 0 Å². The van der Waals surface area contributed by atoms with Gasteiger partial charge in [0.1, 0.15) is 0 Å². The summed E-state index contributed by atoms with van der Waals surface area (Å²) < 4.78 is 30.3. The van der Waals surface area contributed by atoms with Crippen molar-refractivity contribution in [1.82, 2.24) is 0 Å². The van der Waals surface area contributed by atoms with Gasteiger partial charge >= 0.3 is 5.97 Å². The third-order valence-corrected chi connectivity index (χ3v) is 2.10. The predicted molar refractivity (Wildman–Crippen MR) is 42.0 cm³/mol. The van der Waals surface area contributed by atoms with Crippen LogP contribution in [0.25, 0.3) is 0 Å². The Bertz CT molecular complexity index is 230. The van der Waals surface area contributed by atoms with Gasteiger partial charge in [-0.2, -0.15) is 8.42 Å². The van der Waals surface area contributed by atoms with Crippen LogP contribution in [0.3, 0.4) is 0 Å². The number of carbonyl (C=O) groups is 1. The fourth-order valence-electron chi connectivity index (χ4n) is 0.455. The van der Waals surface area contributed by atoms with Gasteiger partial charge in [0, 0.05) is 0 Å². The van der Waals surface area contributed by atoms with E-state index in [1.165, 1.54) is 0 Å². The fraction of sp³-hybridized carbons (Fsp3) is 0.833. The van der Waals surface area contributed by atoms with E-state index in [-0.39, 0.29) is 6.61 Å². The third kappa shape index (κ3) is 5.09. The van der Waals surface area contributed by atoms with E-state index in [4.69, 9.17) is 0 Å². The van der Waals surface area contributed by atoms with E-state index in [0.29, 0.717) is 6.42 Å². The van der Waals surface area contributed by atoms with Gasteiger partial charge in [-0.3, -0.25) is 8.98 Å². The highest BCUT2D eigenvalue weighted by molar-refractivity contribution is 7.87. The molecule has 0 unspecified atom stereocenters. The van der Waals surface area contributed by atoms with Crippen LogP contribution >= 0.6 is 0 Å². The molecule has 0 saturated heterocycles. The highest BCUT2D eigenvalue weighted by Crippen LogP contribution is 1.95. The van der Waals surface area contributed by atoms with Crippen molar-refractivity contribution in [1.29, 1.82) is 0 Å². The number of methoxy groups -OCH3 is 1. The van der Waals surface area contributed by atoms with Gasteiger partial charge in [-0.05, 0) is 6.42 Å². The lowest BCUT2D eigenvalue weighted by atomic mass is 10.5.